The van der Waals surface area contributed by atoms with Crippen LogP contribution in [0.2, 0.25) is 0 Å². The summed E-state index contributed by atoms with van der Waals surface area (Å²) < 4.78 is 51.4. The number of rotatable bonds is 20. The zero-order valence-electron chi connectivity index (χ0n) is 75.1. The normalized spacial score (nSPS) is 12.0. The Bertz CT molecular complexity index is 9440. The molecule has 0 fully saturated rings. The predicted molar refractivity (Wildman–Crippen MR) is 561 cm³/mol. The molecule has 0 saturated carbocycles. The van der Waals surface area contributed by atoms with E-state index in [9.17, 15) is 0 Å². The van der Waals surface area contributed by atoms with Crippen LogP contribution in [0.25, 0.3) is 236 Å². The van der Waals surface area contributed by atoms with Crippen molar-refractivity contribution in [2.24, 2.45) is 0 Å². The van der Waals surface area contributed by atoms with Crippen LogP contribution < -0.4 is 18.9 Å². The number of furan rings is 1. The van der Waals surface area contributed by atoms with E-state index in [2.05, 4.69) is 407 Å². The Morgan fingerprint density at radius 3 is 0.913 bits per heavy atom. The molecule has 27 aromatic rings. The molecule has 0 aliphatic heterocycles. The Labute approximate surface area is 789 Å². The summed E-state index contributed by atoms with van der Waals surface area (Å²) in [6.07, 6.45) is 1.09. The highest BCUT2D eigenvalue weighted by Crippen LogP contribution is 2.52. The van der Waals surface area contributed by atoms with Gasteiger partial charge in [-0.2, -0.15) is 0 Å². The third kappa shape index (κ3) is 12.3. The Morgan fingerprint density at radius 2 is 0.551 bits per heavy atom. The molecule has 17 aromatic carbocycles. The van der Waals surface area contributed by atoms with Crippen LogP contribution in [0.4, 0.5) is 11.4 Å². The summed E-state index contributed by atoms with van der Waals surface area (Å²) in [7, 11) is 0. The fraction of sp³-hybridized carbons (Fsp3) is 0.0656. The van der Waals surface area contributed by atoms with Crippen LogP contribution in [0.1, 0.15) is 24.0 Å². The minimum absolute atomic E-state index is 0.330. The van der Waals surface area contributed by atoms with Crippen molar-refractivity contribution in [3.05, 3.63) is 416 Å². The van der Waals surface area contributed by atoms with Crippen LogP contribution in [-0.2, 0) is 0 Å². The molecule has 10 aromatic heterocycles. The highest BCUT2D eigenvalue weighted by molar-refractivity contribution is 6.19. The van der Waals surface area contributed by atoms with Gasteiger partial charge < -0.3 is 41.6 Å². The molecule has 0 atom stereocenters. The van der Waals surface area contributed by atoms with Gasteiger partial charge in [0.05, 0.1) is 140 Å². The van der Waals surface area contributed by atoms with E-state index in [1.807, 2.05) is 24.3 Å². The van der Waals surface area contributed by atoms with E-state index in [-0.39, 0.29) is 0 Å². The summed E-state index contributed by atoms with van der Waals surface area (Å²) >= 11 is 0. The molecule has 0 radical (unpaired) electrons. The Kier molecular flexibility index (Phi) is 18.2. The predicted octanol–water partition coefficient (Wildman–Crippen LogP) is 31.1. The van der Waals surface area contributed by atoms with Gasteiger partial charge in [-0.25, -0.2) is 19.7 Å². The lowest BCUT2D eigenvalue weighted by atomic mass is 9.90. The standard InChI is InChI=1S/C122H81N11O5/c1-74-75(2)119(131-106-51-25-13-39-91(106)92-40-14-26-52-107(92)131)121(120(117(74)76-65-77(123-3)67-78(66-76)124-4)132-108-53-27-15-41-93(108)94-42-16-28-54-109(94)132)133-110-59-56-79(134-61-29-63-136-81-55-58-95-113(70-81)138-122-112(127-98-43-17-5-31-83(98)84-32-6-18-44-99(84)127)73-116(126-118(95)122)130-104-49-23-11-37-89(104)90-38-12-24-50-105(90)130)68-96(110)97-69-80(57-60-111(97)133)135-62-30-64-137-82-71-114(128-100-45-19-7-33-85(100)86-34-8-20-46-101(86)128)125-115(72-82)129-102-47-21-9-35-87(102)88-36-10-22-48-103(88)129/h5-28,31-60,65-73H,29-30,61-64H2,1-2H3. The van der Waals surface area contributed by atoms with E-state index < -0.39 is 0 Å². The summed E-state index contributed by atoms with van der Waals surface area (Å²) in [4.78, 5) is 19.2. The van der Waals surface area contributed by atoms with Gasteiger partial charge in [0.2, 0.25) is 0 Å². The second-order valence-corrected chi connectivity index (χ2v) is 35.6. The van der Waals surface area contributed by atoms with Crippen molar-refractivity contribution in [1.82, 2.24) is 41.9 Å². The number of fused-ring (bicyclic) bond motifs is 24. The van der Waals surface area contributed by atoms with Gasteiger partial charge in [0, 0.05) is 123 Å². The maximum absolute atomic E-state index is 8.59. The van der Waals surface area contributed by atoms with Crippen LogP contribution in [0.15, 0.2) is 387 Å². The number of ether oxygens (including phenoxy) is 4. The van der Waals surface area contributed by atoms with Crippen molar-refractivity contribution >= 4 is 186 Å². The van der Waals surface area contributed by atoms with Crippen molar-refractivity contribution in [3.8, 4) is 74.3 Å². The van der Waals surface area contributed by atoms with Gasteiger partial charge >= 0.3 is 0 Å². The number of para-hydroxylation sites is 12. The Hall–Kier alpha value is -18.4. The first-order valence-electron chi connectivity index (χ1n) is 46.7. The third-order valence-electron chi connectivity index (χ3n) is 28.0. The highest BCUT2D eigenvalue weighted by Gasteiger charge is 2.33. The summed E-state index contributed by atoms with van der Waals surface area (Å²) in [5.74, 6) is 4.94. The maximum Gasteiger partial charge on any atom is 0.178 e. The van der Waals surface area contributed by atoms with E-state index in [4.69, 9.17) is 46.5 Å². The van der Waals surface area contributed by atoms with E-state index in [0.29, 0.717) is 84.8 Å². The number of hydrogen-bond donors (Lipinski definition) is 0. The molecule has 0 amide bonds. The van der Waals surface area contributed by atoms with Crippen LogP contribution >= 0.6 is 0 Å². The van der Waals surface area contributed by atoms with E-state index >= 15 is 0 Å². The summed E-state index contributed by atoms with van der Waals surface area (Å²) in [6, 6.07) is 134. The summed E-state index contributed by atoms with van der Waals surface area (Å²) in [5, 5.41) is 16.3. The highest BCUT2D eigenvalue weighted by atomic mass is 16.5. The molecule has 16 heteroatoms. The average Bonchev–Trinajstić information content (AvgIpc) is 1.49. The molecule has 0 saturated heterocycles. The maximum atomic E-state index is 8.59. The van der Waals surface area contributed by atoms with Crippen LogP contribution in [0.3, 0.4) is 0 Å². The monoisotopic (exact) mass is 1780 g/mol. The first kappa shape index (κ1) is 79.4. The molecule has 0 N–H and O–H groups in total. The van der Waals surface area contributed by atoms with Crippen molar-refractivity contribution in [2.75, 3.05) is 26.4 Å². The molecule has 0 aliphatic rings. The molecular formula is C122H81N11O5. The van der Waals surface area contributed by atoms with Crippen molar-refractivity contribution in [3.63, 3.8) is 0 Å². The smallest absolute Gasteiger partial charge is 0.178 e. The van der Waals surface area contributed by atoms with Gasteiger partial charge in [0.25, 0.3) is 0 Å². The van der Waals surface area contributed by atoms with Gasteiger partial charge in [-0.1, -0.05) is 237 Å². The fourth-order valence-electron chi connectivity index (χ4n) is 22.0. The minimum Gasteiger partial charge on any atom is -0.493 e. The lowest BCUT2D eigenvalue weighted by molar-refractivity contribution is 0.247. The summed E-state index contributed by atoms with van der Waals surface area (Å²) in [6.45, 7) is 23.0. The minimum atomic E-state index is 0.330. The molecule has 16 nitrogen and oxygen atoms in total. The number of hydrogen-bond acceptors (Lipinski definition) is 7. The van der Waals surface area contributed by atoms with E-state index in [1.165, 1.54) is 0 Å². The number of benzene rings is 17. The van der Waals surface area contributed by atoms with Gasteiger partial charge in [0.15, 0.2) is 17.0 Å². The van der Waals surface area contributed by atoms with Crippen molar-refractivity contribution in [1.29, 1.82) is 0 Å². The molecule has 654 valence electrons. The zero-order chi connectivity index (χ0) is 91.5. The molecular weight excluding hydrogens is 1700 g/mol. The number of aromatic nitrogens is 9. The molecule has 138 heavy (non-hydrogen) atoms. The second kappa shape index (κ2) is 31.7. The quantitative estimate of drug-likeness (QED) is 0.0551. The fourth-order valence-corrected chi connectivity index (χ4v) is 22.0. The second-order valence-electron chi connectivity index (χ2n) is 35.6. The largest absolute Gasteiger partial charge is 0.493 e. The third-order valence-corrected chi connectivity index (χ3v) is 28.0. The van der Waals surface area contributed by atoms with E-state index in [0.717, 1.165) is 226 Å². The first-order chi connectivity index (χ1) is 68.2. The zero-order valence-corrected chi connectivity index (χ0v) is 75.1. The SMILES string of the molecule is [C-]#[N+]c1cc([N+]#[C-])cc(-c2c(C)c(C)c(-n3c4ccccc4c4ccccc43)c(-n3c4ccc(OCCCOc5cc(-n6c7ccccc7c7ccccc76)nc(-n6c7ccccc7c7ccccc76)c5)cc4c4cc(OCCCOc5ccc6c(c5)oc5c(-n7c8ccccc8c8ccccc87)cc(-n7c8ccccc8c8ccccc87)nc56)ccc43)c2-n2c3ccccc3c3ccccc32)c1. The Balaban J connectivity index is 0.580. The van der Waals surface area contributed by atoms with Gasteiger partial charge in [0.1, 0.15) is 51.6 Å². The van der Waals surface area contributed by atoms with Crippen LogP contribution in [0, 0.1) is 27.0 Å². The molecule has 10 heterocycles. The molecule has 0 bridgehead atoms. The van der Waals surface area contributed by atoms with Crippen molar-refractivity contribution < 1.29 is 23.4 Å². The number of pyridine rings is 2. The van der Waals surface area contributed by atoms with Crippen molar-refractivity contribution in [2.45, 2.75) is 26.7 Å². The molecule has 0 aliphatic carbocycles. The van der Waals surface area contributed by atoms with Gasteiger partial charge in [-0.05, 0) is 152 Å². The molecule has 27 rings (SSSR count). The lowest BCUT2D eigenvalue weighted by Gasteiger charge is -2.29. The van der Waals surface area contributed by atoms with Gasteiger partial charge in [-0.15, -0.1) is 0 Å². The lowest BCUT2D eigenvalue weighted by Crippen LogP contribution is -2.14. The molecule has 0 spiro atoms. The topological polar surface area (TPSA) is 119 Å². The number of nitrogens with zero attached hydrogens (tertiary/aromatic N) is 11. The first-order valence-corrected chi connectivity index (χ1v) is 46.7. The molecule has 0 unspecified atom stereocenters. The van der Waals surface area contributed by atoms with Crippen LogP contribution in [-0.4, -0.2) is 68.4 Å². The average molecular weight is 1780 g/mol. The van der Waals surface area contributed by atoms with E-state index in [1.54, 1.807) is 6.07 Å². The van der Waals surface area contributed by atoms with Gasteiger partial charge in [-0.3, -0.25) is 13.7 Å². The Morgan fingerprint density at radius 1 is 0.254 bits per heavy atom. The summed E-state index contributed by atoms with van der Waals surface area (Å²) in [5.41, 5.74) is 24.3. The van der Waals surface area contributed by atoms with Crippen LogP contribution in [0.5, 0.6) is 23.0 Å².